The van der Waals surface area contributed by atoms with Crippen molar-refractivity contribution >= 4 is 5.91 Å². The molecule has 0 radical (unpaired) electrons. The summed E-state index contributed by atoms with van der Waals surface area (Å²) < 4.78 is 0. The summed E-state index contributed by atoms with van der Waals surface area (Å²) in [5, 5.41) is 8.78. The number of rotatable bonds is 4. The van der Waals surface area contributed by atoms with Crippen LogP contribution in [0.5, 0.6) is 0 Å². The fourth-order valence-corrected chi connectivity index (χ4v) is 2.20. The summed E-state index contributed by atoms with van der Waals surface area (Å²) in [6.45, 7) is 4.79. The second-order valence-corrected chi connectivity index (χ2v) is 4.81. The summed E-state index contributed by atoms with van der Waals surface area (Å²) in [6.07, 6.45) is 2.07. The van der Waals surface area contributed by atoms with Crippen molar-refractivity contribution in [3.05, 3.63) is 35.4 Å². The predicted octanol–water partition coefficient (Wildman–Crippen LogP) is 2.88. The molecule has 1 aliphatic carbocycles. The van der Waals surface area contributed by atoms with Crippen molar-refractivity contribution < 1.29 is 4.79 Å². The summed E-state index contributed by atoms with van der Waals surface area (Å²) in [7, 11) is 0. The number of hydrogen-bond acceptors (Lipinski definition) is 2. The molecule has 3 nitrogen and oxygen atoms in total. The molecule has 0 aliphatic heterocycles. The van der Waals surface area contributed by atoms with Crippen LogP contribution in [0, 0.1) is 17.2 Å². The largest absolute Gasteiger partial charge is 0.336 e. The standard InChI is InChI=1S/C15H18N2O/c1-3-17(15(18)14-8-9-14)11(2)13-6-4-12(10-16)5-7-13/h4-7,11,14H,3,8-9H2,1-2H3. The molecule has 1 atom stereocenters. The van der Waals surface area contributed by atoms with Crippen molar-refractivity contribution in [2.75, 3.05) is 6.54 Å². The summed E-state index contributed by atoms with van der Waals surface area (Å²) in [5.74, 6) is 0.528. The number of amides is 1. The van der Waals surface area contributed by atoms with Gasteiger partial charge in [-0.25, -0.2) is 0 Å². The van der Waals surface area contributed by atoms with Gasteiger partial charge >= 0.3 is 0 Å². The molecule has 0 heterocycles. The molecule has 1 aliphatic rings. The van der Waals surface area contributed by atoms with E-state index < -0.39 is 0 Å². The first-order valence-electron chi connectivity index (χ1n) is 6.48. The first-order valence-corrected chi connectivity index (χ1v) is 6.48. The van der Waals surface area contributed by atoms with E-state index in [1.54, 1.807) is 12.1 Å². The van der Waals surface area contributed by atoms with Crippen LogP contribution in [-0.2, 0) is 4.79 Å². The van der Waals surface area contributed by atoms with E-state index in [0.29, 0.717) is 5.56 Å². The van der Waals surface area contributed by atoms with Gasteiger partial charge in [-0.15, -0.1) is 0 Å². The van der Waals surface area contributed by atoms with Crippen LogP contribution in [0.3, 0.4) is 0 Å². The third kappa shape index (κ3) is 2.53. The Hall–Kier alpha value is -1.82. The summed E-state index contributed by atoms with van der Waals surface area (Å²) in [6, 6.07) is 9.67. The average molecular weight is 242 g/mol. The molecule has 1 aromatic rings. The molecule has 0 saturated heterocycles. The van der Waals surface area contributed by atoms with E-state index in [4.69, 9.17) is 5.26 Å². The first-order chi connectivity index (χ1) is 8.67. The highest BCUT2D eigenvalue weighted by Crippen LogP contribution is 2.33. The van der Waals surface area contributed by atoms with E-state index in [2.05, 4.69) is 6.07 Å². The Morgan fingerprint density at radius 1 is 1.44 bits per heavy atom. The SMILES string of the molecule is CCN(C(=O)C1CC1)C(C)c1ccc(C#N)cc1. The van der Waals surface area contributed by atoms with Gasteiger partial charge in [-0.1, -0.05) is 12.1 Å². The molecule has 94 valence electrons. The molecule has 1 amide bonds. The van der Waals surface area contributed by atoms with Gasteiger partial charge in [0.05, 0.1) is 17.7 Å². The quantitative estimate of drug-likeness (QED) is 0.814. The Morgan fingerprint density at radius 2 is 2.06 bits per heavy atom. The van der Waals surface area contributed by atoms with Gasteiger partial charge in [0.1, 0.15) is 0 Å². The molecule has 3 heteroatoms. The lowest BCUT2D eigenvalue weighted by atomic mass is 10.0. The van der Waals surface area contributed by atoms with Gasteiger partial charge in [0.25, 0.3) is 0 Å². The Labute approximate surface area is 108 Å². The Bertz CT molecular complexity index is 468. The van der Waals surface area contributed by atoms with Crippen LogP contribution in [0.2, 0.25) is 0 Å². The third-order valence-corrected chi connectivity index (χ3v) is 3.54. The Balaban J connectivity index is 2.14. The van der Waals surface area contributed by atoms with Crippen LogP contribution >= 0.6 is 0 Å². The number of hydrogen-bond donors (Lipinski definition) is 0. The summed E-state index contributed by atoms with van der Waals surface area (Å²) >= 11 is 0. The molecular formula is C15H18N2O. The average Bonchev–Trinajstić information content (AvgIpc) is 3.23. The lowest BCUT2D eigenvalue weighted by molar-refractivity contribution is -0.134. The number of nitrogens with zero attached hydrogens (tertiary/aromatic N) is 2. The minimum atomic E-state index is 0.0795. The summed E-state index contributed by atoms with van der Waals surface area (Å²) in [5.41, 5.74) is 1.74. The van der Waals surface area contributed by atoms with E-state index in [-0.39, 0.29) is 17.9 Å². The highest BCUT2D eigenvalue weighted by Gasteiger charge is 2.34. The highest BCUT2D eigenvalue weighted by molar-refractivity contribution is 5.81. The molecule has 0 bridgehead atoms. The van der Waals surface area contributed by atoms with Gasteiger partial charge < -0.3 is 4.90 Å². The van der Waals surface area contributed by atoms with Crippen LogP contribution in [0.1, 0.15) is 43.9 Å². The van der Waals surface area contributed by atoms with Gasteiger partial charge in [0.15, 0.2) is 0 Å². The number of benzene rings is 1. The van der Waals surface area contributed by atoms with Crippen molar-refractivity contribution in [3.63, 3.8) is 0 Å². The maximum atomic E-state index is 12.1. The maximum Gasteiger partial charge on any atom is 0.226 e. The van der Waals surface area contributed by atoms with E-state index >= 15 is 0 Å². The number of carbonyl (C=O) groups is 1. The van der Waals surface area contributed by atoms with Crippen molar-refractivity contribution in [2.24, 2.45) is 5.92 Å². The van der Waals surface area contributed by atoms with Gasteiger partial charge in [-0.3, -0.25) is 4.79 Å². The van der Waals surface area contributed by atoms with Gasteiger partial charge in [-0.05, 0) is 44.4 Å². The Kier molecular flexibility index (Phi) is 3.66. The van der Waals surface area contributed by atoms with Crippen LogP contribution in [0.15, 0.2) is 24.3 Å². The van der Waals surface area contributed by atoms with Crippen LogP contribution in [0.25, 0.3) is 0 Å². The van der Waals surface area contributed by atoms with Crippen LogP contribution in [0.4, 0.5) is 0 Å². The molecule has 0 aromatic heterocycles. The molecule has 0 N–H and O–H groups in total. The molecule has 18 heavy (non-hydrogen) atoms. The molecule has 1 fully saturated rings. The monoisotopic (exact) mass is 242 g/mol. The lowest BCUT2D eigenvalue weighted by Crippen LogP contribution is -2.34. The summed E-state index contributed by atoms with van der Waals surface area (Å²) in [4.78, 5) is 14.1. The zero-order chi connectivity index (χ0) is 13.1. The van der Waals surface area contributed by atoms with E-state index in [1.165, 1.54) is 0 Å². The highest BCUT2D eigenvalue weighted by atomic mass is 16.2. The molecular weight excluding hydrogens is 224 g/mol. The fraction of sp³-hybridized carbons (Fsp3) is 0.467. The predicted molar refractivity (Wildman–Crippen MR) is 69.7 cm³/mol. The topological polar surface area (TPSA) is 44.1 Å². The Morgan fingerprint density at radius 3 is 2.50 bits per heavy atom. The lowest BCUT2D eigenvalue weighted by Gasteiger charge is -2.28. The minimum absolute atomic E-state index is 0.0795. The second kappa shape index (κ2) is 5.22. The van der Waals surface area contributed by atoms with Gasteiger partial charge in [0, 0.05) is 12.5 Å². The smallest absolute Gasteiger partial charge is 0.226 e. The molecule has 2 rings (SSSR count). The molecule has 1 aromatic carbocycles. The van der Waals surface area contributed by atoms with Gasteiger partial charge in [0.2, 0.25) is 5.91 Å². The molecule has 0 spiro atoms. The second-order valence-electron chi connectivity index (χ2n) is 4.81. The zero-order valence-electron chi connectivity index (χ0n) is 10.9. The third-order valence-electron chi connectivity index (χ3n) is 3.54. The van der Waals surface area contributed by atoms with Gasteiger partial charge in [-0.2, -0.15) is 5.26 Å². The van der Waals surface area contributed by atoms with Crippen LogP contribution < -0.4 is 0 Å². The molecule has 1 saturated carbocycles. The van der Waals surface area contributed by atoms with Crippen LogP contribution in [-0.4, -0.2) is 17.4 Å². The van der Waals surface area contributed by atoms with Crippen molar-refractivity contribution in [3.8, 4) is 6.07 Å². The maximum absolute atomic E-state index is 12.1. The minimum Gasteiger partial charge on any atom is -0.336 e. The van der Waals surface area contributed by atoms with E-state index in [1.807, 2.05) is 30.9 Å². The van der Waals surface area contributed by atoms with Crippen molar-refractivity contribution in [1.29, 1.82) is 5.26 Å². The number of carbonyl (C=O) groups excluding carboxylic acids is 1. The fourth-order valence-electron chi connectivity index (χ4n) is 2.20. The number of nitriles is 1. The molecule has 1 unspecified atom stereocenters. The van der Waals surface area contributed by atoms with Crippen molar-refractivity contribution in [1.82, 2.24) is 4.90 Å². The first kappa shape index (κ1) is 12.6. The van der Waals surface area contributed by atoms with Crippen molar-refractivity contribution in [2.45, 2.75) is 32.7 Å². The van der Waals surface area contributed by atoms with E-state index in [0.717, 1.165) is 24.9 Å². The normalized spacial score (nSPS) is 15.8. The van der Waals surface area contributed by atoms with E-state index in [9.17, 15) is 4.79 Å². The zero-order valence-corrected chi connectivity index (χ0v) is 10.9.